The van der Waals surface area contributed by atoms with E-state index < -0.39 is 35.6 Å². The van der Waals surface area contributed by atoms with Crippen LogP contribution in [0.25, 0.3) is 0 Å². The molecule has 0 heterocycles. The third-order valence-electron chi connectivity index (χ3n) is 10.3. The van der Waals surface area contributed by atoms with Crippen LogP contribution in [0.3, 0.4) is 0 Å². The van der Waals surface area contributed by atoms with E-state index in [2.05, 4.69) is 22.9 Å². The quantitative estimate of drug-likeness (QED) is 0.0400. The number of hydrogen-bond donors (Lipinski definition) is 6. The van der Waals surface area contributed by atoms with Gasteiger partial charge in [0.2, 0.25) is 23.6 Å². The maximum absolute atomic E-state index is 13.8. The van der Waals surface area contributed by atoms with Gasteiger partial charge in [-0.2, -0.15) is 11.8 Å². The first-order valence-corrected chi connectivity index (χ1v) is 23.1. The molecule has 0 aliphatic carbocycles. The average molecular weight is 818 g/mol. The zero-order valence-corrected chi connectivity index (χ0v) is 35.9. The normalized spacial score (nSPS) is 12.7. The summed E-state index contributed by atoms with van der Waals surface area (Å²) in [4.78, 5) is 77.9. The van der Waals surface area contributed by atoms with Crippen LogP contribution in [0.15, 0.2) is 24.3 Å². The third kappa shape index (κ3) is 27.0. The molecule has 3 atom stereocenters. The molecule has 0 aliphatic rings. The van der Waals surface area contributed by atoms with Crippen molar-refractivity contribution in [3.05, 3.63) is 29.8 Å². The van der Waals surface area contributed by atoms with Gasteiger partial charge in [-0.15, -0.1) is 0 Å². The lowest BCUT2D eigenvalue weighted by molar-refractivity contribution is -0.132. The highest BCUT2D eigenvalue weighted by atomic mass is 32.2. The first-order valence-electron chi connectivity index (χ1n) is 21.7. The topological polar surface area (TPSA) is 211 Å². The molecule has 0 unspecified atom stereocenters. The molecule has 0 aromatic heterocycles. The number of primary amides is 1. The van der Waals surface area contributed by atoms with Gasteiger partial charge in [0, 0.05) is 44.6 Å². The average Bonchev–Trinajstić information content (AvgIpc) is 3.19. The van der Waals surface area contributed by atoms with Gasteiger partial charge in [-0.1, -0.05) is 103 Å². The van der Waals surface area contributed by atoms with Crippen LogP contribution in [0.2, 0.25) is 0 Å². The summed E-state index contributed by atoms with van der Waals surface area (Å²) in [6, 6.07) is 4.51. The molecule has 57 heavy (non-hydrogen) atoms. The summed E-state index contributed by atoms with van der Waals surface area (Å²) in [5, 5.41) is 18.3. The summed E-state index contributed by atoms with van der Waals surface area (Å²) < 4.78 is 0. The second-order valence-electron chi connectivity index (χ2n) is 15.4. The van der Waals surface area contributed by atoms with Gasteiger partial charge in [0.05, 0.1) is 12.1 Å². The van der Waals surface area contributed by atoms with Crippen molar-refractivity contribution < 1.29 is 33.9 Å². The van der Waals surface area contributed by atoms with Gasteiger partial charge >= 0.3 is 0 Å². The number of carbonyl (C=O) groups excluding carboxylic acids is 6. The van der Waals surface area contributed by atoms with E-state index in [9.17, 15) is 33.9 Å². The van der Waals surface area contributed by atoms with Gasteiger partial charge in [-0.05, 0) is 74.8 Å². The van der Waals surface area contributed by atoms with Gasteiger partial charge in [0.15, 0.2) is 11.6 Å². The standard InChI is InChI=1S/C44H75N5O7S/c1-3-4-5-6-7-8-9-10-11-12-13-14-16-19-42(54)48-37(28-31-57-2)39(51)25-27-43(55)49-38(32-34-20-23-36(50)24-21-34)40(52)33-35(22-26-41(46)53)44(56)47-30-18-15-17-29-45/h20-21,23-24,35,37-38,50H,3-19,22,25-33,45H2,1-2H3,(H2,46,53)(H,47,56)(H,48,54)(H,49,55)/t35-,37+,38+/m1/s1. The van der Waals surface area contributed by atoms with Crippen molar-refractivity contribution in [2.45, 2.75) is 173 Å². The Hall–Kier alpha value is -3.45. The highest BCUT2D eigenvalue weighted by Gasteiger charge is 2.29. The van der Waals surface area contributed by atoms with Crippen molar-refractivity contribution in [3.8, 4) is 5.75 Å². The molecule has 0 aliphatic heterocycles. The largest absolute Gasteiger partial charge is 0.508 e. The number of aromatic hydroxyl groups is 1. The lowest BCUT2D eigenvalue weighted by Gasteiger charge is -2.22. The van der Waals surface area contributed by atoms with E-state index in [1.807, 2.05) is 6.26 Å². The summed E-state index contributed by atoms with van der Waals surface area (Å²) in [7, 11) is 0. The van der Waals surface area contributed by atoms with E-state index in [-0.39, 0.29) is 61.9 Å². The van der Waals surface area contributed by atoms with Crippen LogP contribution in [0.5, 0.6) is 5.75 Å². The minimum absolute atomic E-state index is 0.0475. The van der Waals surface area contributed by atoms with Crippen LogP contribution >= 0.6 is 11.8 Å². The number of amides is 4. The highest BCUT2D eigenvalue weighted by molar-refractivity contribution is 7.98. The highest BCUT2D eigenvalue weighted by Crippen LogP contribution is 2.18. The Labute approximate surface area is 347 Å². The lowest BCUT2D eigenvalue weighted by Crippen LogP contribution is -2.45. The zero-order valence-electron chi connectivity index (χ0n) is 35.1. The lowest BCUT2D eigenvalue weighted by atomic mass is 9.90. The molecule has 0 fully saturated rings. The monoisotopic (exact) mass is 818 g/mol. The number of hydrogen-bond acceptors (Lipinski definition) is 9. The van der Waals surface area contributed by atoms with Crippen molar-refractivity contribution in [3.63, 3.8) is 0 Å². The van der Waals surface area contributed by atoms with Gasteiger partial charge in [0.25, 0.3) is 0 Å². The first kappa shape index (κ1) is 51.6. The molecule has 4 amide bonds. The number of thioether (sulfide) groups is 1. The number of nitrogens with two attached hydrogens (primary N) is 2. The molecule has 1 aromatic rings. The number of Topliss-reactive ketones (excluding diaryl/α,β-unsaturated/α-hetero) is 2. The van der Waals surface area contributed by atoms with E-state index in [4.69, 9.17) is 11.5 Å². The predicted octanol–water partition coefficient (Wildman–Crippen LogP) is 6.57. The summed E-state index contributed by atoms with van der Waals surface area (Å²) in [5.41, 5.74) is 11.6. The van der Waals surface area contributed by atoms with Crippen LogP contribution in [0.1, 0.15) is 160 Å². The Kier molecular flexibility index (Phi) is 30.3. The van der Waals surface area contributed by atoms with Crippen molar-refractivity contribution in [1.82, 2.24) is 16.0 Å². The fraction of sp³-hybridized carbons (Fsp3) is 0.727. The van der Waals surface area contributed by atoms with Crippen LogP contribution in [0, 0.1) is 5.92 Å². The number of phenols is 1. The second kappa shape index (κ2) is 33.5. The number of phenolic OH excluding ortho intramolecular Hbond substituents is 1. The second-order valence-corrected chi connectivity index (χ2v) is 16.3. The molecule has 0 radical (unpaired) electrons. The molecule has 13 heteroatoms. The van der Waals surface area contributed by atoms with Gasteiger partial charge in [-0.3, -0.25) is 28.8 Å². The molecule has 8 N–H and O–H groups in total. The number of rotatable bonds is 37. The summed E-state index contributed by atoms with van der Waals surface area (Å²) in [6.45, 7) is 3.20. The minimum Gasteiger partial charge on any atom is -0.508 e. The van der Waals surface area contributed by atoms with Crippen LogP contribution in [-0.2, 0) is 35.2 Å². The number of nitrogens with one attached hydrogen (secondary N) is 3. The summed E-state index contributed by atoms with van der Waals surface area (Å²) in [6.07, 6.45) is 20.5. The molecular formula is C44H75N5O7S. The molecule has 1 aromatic carbocycles. The van der Waals surface area contributed by atoms with Gasteiger partial charge < -0.3 is 32.5 Å². The van der Waals surface area contributed by atoms with E-state index >= 15 is 0 Å². The molecule has 12 nitrogen and oxygen atoms in total. The van der Waals surface area contributed by atoms with Crippen LogP contribution < -0.4 is 27.4 Å². The van der Waals surface area contributed by atoms with Gasteiger partial charge in [-0.25, -0.2) is 0 Å². The van der Waals surface area contributed by atoms with Gasteiger partial charge in [0.1, 0.15) is 5.75 Å². The number of ketones is 2. The number of carbonyl (C=O) groups is 6. The molecule has 324 valence electrons. The maximum atomic E-state index is 13.8. The molecule has 0 saturated carbocycles. The van der Waals surface area contributed by atoms with E-state index in [1.165, 1.54) is 76.3 Å². The van der Waals surface area contributed by atoms with Crippen molar-refractivity contribution in [1.29, 1.82) is 0 Å². The third-order valence-corrected chi connectivity index (χ3v) is 10.9. The Bertz CT molecular complexity index is 1300. The Morgan fingerprint density at radius 3 is 1.81 bits per heavy atom. The molecule has 0 spiro atoms. The van der Waals surface area contributed by atoms with Crippen molar-refractivity contribution in [2.24, 2.45) is 17.4 Å². The van der Waals surface area contributed by atoms with E-state index in [0.717, 1.165) is 38.5 Å². The smallest absolute Gasteiger partial charge is 0.223 e. The number of benzene rings is 1. The SMILES string of the molecule is CCCCCCCCCCCCCCCC(=O)N[C@@H](CCSC)C(=O)CCC(=O)N[C@@H](Cc1ccc(O)cc1)C(=O)C[C@@H](CCC(N)=O)C(=O)NCCCCCN. The summed E-state index contributed by atoms with van der Waals surface area (Å²) >= 11 is 1.57. The predicted molar refractivity (Wildman–Crippen MR) is 231 cm³/mol. The number of unbranched alkanes of at least 4 members (excludes halogenated alkanes) is 14. The zero-order chi connectivity index (χ0) is 42.1. The molecule has 1 rings (SSSR count). The fourth-order valence-electron chi connectivity index (χ4n) is 6.74. The van der Waals surface area contributed by atoms with Crippen LogP contribution in [-0.4, -0.2) is 77.5 Å². The maximum Gasteiger partial charge on any atom is 0.223 e. The van der Waals surface area contributed by atoms with Crippen molar-refractivity contribution in [2.75, 3.05) is 25.1 Å². The Balaban J connectivity index is 2.74. The van der Waals surface area contributed by atoms with Crippen LogP contribution in [0.4, 0.5) is 0 Å². The molecular weight excluding hydrogens is 743 g/mol. The molecule has 0 saturated heterocycles. The van der Waals surface area contributed by atoms with Crippen molar-refractivity contribution >= 4 is 47.0 Å². The molecule has 0 bridgehead atoms. The van der Waals surface area contributed by atoms with E-state index in [0.29, 0.717) is 37.2 Å². The Morgan fingerprint density at radius 2 is 1.23 bits per heavy atom. The summed E-state index contributed by atoms with van der Waals surface area (Å²) in [5.74, 6) is -2.40. The fourth-order valence-corrected chi connectivity index (χ4v) is 7.21. The van der Waals surface area contributed by atoms with E-state index in [1.54, 1.807) is 23.9 Å². The minimum atomic E-state index is -1.03. The first-order chi connectivity index (χ1) is 27.5. The Morgan fingerprint density at radius 1 is 0.667 bits per heavy atom.